The molecule has 4 heteroatoms. The van der Waals surface area contributed by atoms with Gasteiger partial charge in [-0.25, -0.2) is 0 Å². The van der Waals surface area contributed by atoms with Crippen LogP contribution in [-0.4, -0.2) is 4.98 Å². The smallest absolute Gasteiger partial charge is 0.0778 e. The number of hydrogen-bond acceptors (Lipinski definition) is 1. The van der Waals surface area contributed by atoms with Crippen LogP contribution in [0, 0.1) is 13.8 Å². The van der Waals surface area contributed by atoms with E-state index in [-0.39, 0.29) is 0 Å². The van der Waals surface area contributed by atoms with Crippen molar-refractivity contribution in [2.24, 2.45) is 0 Å². The third-order valence-electron chi connectivity index (χ3n) is 2.73. The van der Waals surface area contributed by atoms with Gasteiger partial charge in [-0.3, -0.25) is 4.98 Å². The average Bonchev–Trinajstić information content (AvgIpc) is 2.29. The number of nitrogens with zero attached hydrogens (tertiary/aromatic N) is 1. The fourth-order valence-corrected chi connectivity index (χ4v) is 2.21. The topological polar surface area (TPSA) is 12.9 Å². The highest BCUT2D eigenvalue weighted by atomic mass is 35.5. The van der Waals surface area contributed by atoms with E-state index in [4.69, 9.17) is 34.8 Å². The lowest BCUT2D eigenvalue weighted by molar-refractivity contribution is 1.22. The molecule has 1 aromatic heterocycles. The summed E-state index contributed by atoms with van der Waals surface area (Å²) in [6.07, 6.45) is 1.77. The Kier molecular flexibility index (Phi) is 3.62. The number of hydrogen-bond donors (Lipinski definition) is 0. The Morgan fingerprint density at radius 1 is 1.00 bits per heavy atom. The Bertz CT molecular complexity index is 556. The predicted octanol–water partition coefficient (Wildman–Crippen LogP) is 5.33. The lowest BCUT2D eigenvalue weighted by atomic mass is 10.0. The van der Waals surface area contributed by atoms with Crippen molar-refractivity contribution in [3.8, 4) is 11.3 Å². The maximum atomic E-state index is 6.02. The van der Waals surface area contributed by atoms with Crippen molar-refractivity contribution in [3.63, 3.8) is 0 Å². The SMILES string of the molecule is Cc1ccnc(-c2cc(Cl)c(Cl)c(Cl)c2)c1C. The molecule has 0 N–H and O–H groups in total. The van der Waals surface area contributed by atoms with Crippen molar-refractivity contribution in [2.45, 2.75) is 13.8 Å². The van der Waals surface area contributed by atoms with Crippen molar-refractivity contribution in [1.29, 1.82) is 0 Å². The second-order valence-electron chi connectivity index (χ2n) is 3.86. The van der Waals surface area contributed by atoms with Gasteiger partial charge in [0.1, 0.15) is 0 Å². The molecule has 0 radical (unpaired) electrons. The first kappa shape index (κ1) is 12.7. The van der Waals surface area contributed by atoms with Gasteiger partial charge in [-0.15, -0.1) is 0 Å². The van der Waals surface area contributed by atoms with Crippen molar-refractivity contribution in [2.75, 3.05) is 0 Å². The summed E-state index contributed by atoms with van der Waals surface area (Å²) in [5.74, 6) is 0. The zero-order chi connectivity index (χ0) is 12.6. The van der Waals surface area contributed by atoms with E-state index in [1.807, 2.05) is 19.9 Å². The Hall–Kier alpha value is -0.760. The Morgan fingerprint density at radius 2 is 1.59 bits per heavy atom. The fourth-order valence-electron chi connectivity index (χ4n) is 1.62. The molecule has 0 saturated heterocycles. The number of aryl methyl sites for hydroxylation is 1. The van der Waals surface area contributed by atoms with Gasteiger partial charge in [-0.2, -0.15) is 0 Å². The molecule has 1 aromatic carbocycles. The molecule has 1 nitrogen and oxygen atoms in total. The second kappa shape index (κ2) is 4.85. The quantitative estimate of drug-likeness (QED) is 0.646. The van der Waals surface area contributed by atoms with Crippen LogP contribution in [0.5, 0.6) is 0 Å². The van der Waals surface area contributed by atoms with Gasteiger partial charge in [-0.1, -0.05) is 34.8 Å². The van der Waals surface area contributed by atoms with Gasteiger partial charge in [0.05, 0.1) is 20.8 Å². The van der Waals surface area contributed by atoms with E-state index < -0.39 is 0 Å². The molecule has 0 aliphatic rings. The van der Waals surface area contributed by atoms with Crippen LogP contribution < -0.4 is 0 Å². The summed E-state index contributed by atoms with van der Waals surface area (Å²) in [5, 5.41) is 1.26. The predicted molar refractivity (Wildman–Crippen MR) is 74.2 cm³/mol. The maximum Gasteiger partial charge on any atom is 0.0778 e. The largest absolute Gasteiger partial charge is 0.256 e. The second-order valence-corrected chi connectivity index (χ2v) is 5.05. The van der Waals surface area contributed by atoms with Crippen LogP contribution in [0.2, 0.25) is 15.1 Å². The lowest BCUT2D eigenvalue weighted by Crippen LogP contribution is -1.91. The summed E-state index contributed by atoms with van der Waals surface area (Å²) < 4.78 is 0. The van der Waals surface area contributed by atoms with E-state index in [9.17, 15) is 0 Å². The lowest BCUT2D eigenvalue weighted by Gasteiger charge is -2.09. The zero-order valence-corrected chi connectivity index (χ0v) is 11.7. The van der Waals surface area contributed by atoms with E-state index in [0.29, 0.717) is 15.1 Å². The minimum Gasteiger partial charge on any atom is -0.256 e. The van der Waals surface area contributed by atoms with E-state index in [1.165, 1.54) is 5.56 Å². The maximum absolute atomic E-state index is 6.02. The number of rotatable bonds is 1. The number of aromatic nitrogens is 1. The van der Waals surface area contributed by atoms with E-state index in [2.05, 4.69) is 4.98 Å². The molecule has 0 unspecified atom stereocenters. The first-order valence-corrected chi connectivity index (χ1v) is 6.21. The molecule has 0 aliphatic heterocycles. The standard InChI is InChI=1S/C13H10Cl3N/c1-7-3-4-17-13(8(7)2)9-5-10(14)12(16)11(15)6-9/h3-6H,1-2H3. The summed E-state index contributed by atoms with van der Waals surface area (Å²) in [7, 11) is 0. The highest BCUT2D eigenvalue weighted by Crippen LogP contribution is 2.35. The van der Waals surface area contributed by atoms with Crippen LogP contribution in [0.4, 0.5) is 0 Å². The van der Waals surface area contributed by atoms with Crippen molar-refractivity contribution in [1.82, 2.24) is 4.98 Å². The van der Waals surface area contributed by atoms with Gasteiger partial charge in [0.15, 0.2) is 0 Å². The Labute approximate surface area is 115 Å². The van der Waals surface area contributed by atoms with Crippen LogP contribution in [0.1, 0.15) is 11.1 Å². The molecule has 0 amide bonds. The minimum absolute atomic E-state index is 0.377. The van der Waals surface area contributed by atoms with Crippen molar-refractivity contribution in [3.05, 3.63) is 50.6 Å². The first-order valence-electron chi connectivity index (χ1n) is 5.08. The third-order valence-corrected chi connectivity index (χ3v) is 3.93. The normalized spacial score (nSPS) is 10.6. The van der Waals surface area contributed by atoms with E-state index in [1.54, 1.807) is 18.3 Å². The molecule has 0 saturated carbocycles. The highest BCUT2D eigenvalue weighted by molar-refractivity contribution is 6.48. The van der Waals surface area contributed by atoms with Crippen molar-refractivity contribution >= 4 is 34.8 Å². The molecule has 88 valence electrons. The summed E-state index contributed by atoms with van der Waals surface area (Å²) in [6, 6.07) is 5.53. The van der Waals surface area contributed by atoms with Crippen LogP contribution in [-0.2, 0) is 0 Å². The monoisotopic (exact) mass is 285 g/mol. The molecular formula is C13H10Cl3N. The number of halogens is 3. The van der Waals surface area contributed by atoms with Gasteiger partial charge in [0, 0.05) is 11.8 Å². The number of benzene rings is 1. The molecule has 2 rings (SSSR count). The van der Waals surface area contributed by atoms with Gasteiger partial charge in [0.25, 0.3) is 0 Å². The molecular weight excluding hydrogens is 277 g/mol. The van der Waals surface area contributed by atoms with Gasteiger partial charge < -0.3 is 0 Å². The summed E-state index contributed by atoms with van der Waals surface area (Å²) in [5.41, 5.74) is 4.05. The third kappa shape index (κ3) is 2.42. The molecule has 0 bridgehead atoms. The molecule has 0 spiro atoms. The summed E-state index contributed by atoms with van der Waals surface area (Å²) in [6.45, 7) is 4.06. The number of pyridine rings is 1. The van der Waals surface area contributed by atoms with Crippen LogP contribution in [0.3, 0.4) is 0 Å². The molecule has 0 aliphatic carbocycles. The molecule has 0 atom stereocenters. The summed E-state index contributed by atoms with van der Waals surface area (Å²) >= 11 is 18.0. The van der Waals surface area contributed by atoms with Crippen LogP contribution >= 0.6 is 34.8 Å². The highest BCUT2D eigenvalue weighted by Gasteiger charge is 2.10. The molecule has 1 heterocycles. The zero-order valence-electron chi connectivity index (χ0n) is 9.39. The molecule has 17 heavy (non-hydrogen) atoms. The average molecular weight is 287 g/mol. The Balaban J connectivity index is 2.65. The fraction of sp³-hybridized carbons (Fsp3) is 0.154. The van der Waals surface area contributed by atoms with E-state index >= 15 is 0 Å². The van der Waals surface area contributed by atoms with E-state index in [0.717, 1.165) is 16.8 Å². The molecule has 0 fully saturated rings. The van der Waals surface area contributed by atoms with Crippen LogP contribution in [0.15, 0.2) is 24.4 Å². The van der Waals surface area contributed by atoms with Gasteiger partial charge in [0.2, 0.25) is 0 Å². The summed E-state index contributed by atoms with van der Waals surface area (Å²) in [4.78, 5) is 4.36. The van der Waals surface area contributed by atoms with Crippen molar-refractivity contribution < 1.29 is 0 Å². The van der Waals surface area contributed by atoms with Gasteiger partial charge >= 0.3 is 0 Å². The molecule has 2 aromatic rings. The minimum atomic E-state index is 0.377. The van der Waals surface area contributed by atoms with Gasteiger partial charge in [-0.05, 0) is 43.2 Å². The Morgan fingerprint density at radius 3 is 2.18 bits per heavy atom. The first-order chi connectivity index (χ1) is 8.00. The van der Waals surface area contributed by atoms with Crippen LogP contribution in [0.25, 0.3) is 11.3 Å².